The number of anilines is 1. The van der Waals surface area contributed by atoms with E-state index in [0.29, 0.717) is 18.8 Å². The summed E-state index contributed by atoms with van der Waals surface area (Å²) in [7, 11) is -3.78. The van der Waals surface area contributed by atoms with E-state index < -0.39 is 14.9 Å². The molecule has 0 unspecified atom stereocenters. The maximum Gasteiger partial charge on any atom is 0.269 e. The van der Waals surface area contributed by atoms with Crippen LogP contribution >= 0.6 is 0 Å². The lowest BCUT2D eigenvalue weighted by Gasteiger charge is -2.11. The minimum Gasteiger partial charge on any atom is -0.309 e. The normalized spacial score (nSPS) is 13.6. The van der Waals surface area contributed by atoms with Crippen molar-refractivity contribution in [3.05, 3.63) is 63.7 Å². The van der Waals surface area contributed by atoms with Crippen LogP contribution in [0.1, 0.15) is 11.1 Å². The number of fused-ring (bicyclic) bond motifs is 1. The monoisotopic (exact) mass is 319 g/mol. The molecule has 2 N–H and O–H groups in total. The van der Waals surface area contributed by atoms with Crippen LogP contribution in [0.4, 0.5) is 11.4 Å². The number of rotatable bonds is 4. The molecule has 1 heterocycles. The van der Waals surface area contributed by atoms with Gasteiger partial charge in [0, 0.05) is 25.2 Å². The maximum atomic E-state index is 12.4. The van der Waals surface area contributed by atoms with Crippen molar-refractivity contribution in [2.45, 2.75) is 18.0 Å². The number of nitrogens with zero attached hydrogens (tertiary/aromatic N) is 1. The smallest absolute Gasteiger partial charge is 0.269 e. The van der Waals surface area contributed by atoms with Crippen LogP contribution in [0.3, 0.4) is 0 Å². The van der Waals surface area contributed by atoms with E-state index in [1.807, 2.05) is 6.07 Å². The average Bonchev–Trinajstić information content (AvgIpc) is 2.96. The second-order valence-corrected chi connectivity index (χ2v) is 6.59. The van der Waals surface area contributed by atoms with Crippen LogP contribution in [0.5, 0.6) is 0 Å². The molecule has 22 heavy (non-hydrogen) atoms. The molecule has 8 heteroatoms. The average molecular weight is 319 g/mol. The van der Waals surface area contributed by atoms with E-state index in [9.17, 15) is 18.5 Å². The molecule has 0 amide bonds. The molecule has 1 aliphatic rings. The maximum absolute atomic E-state index is 12.4. The zero-order valence-corrected chi connectivity index (χ0v) is 12.3. The van der Waals surface area contributed by atoms with Crippen molar-refractivity contribution in [2.75, 3.05) is 4.72 Å². The molecule has 0 atom stereocenters. The van der Waals surface area contributed by atoms with E-state index in [0.717, 1.165) is 11.1 Å². The highest BCUT2D eigenvalue weighted by Gasteiger charge is 2.20. The van der Waals surface area contributed by atoms with E-state index >= 15 is 0 Å². The molecule has 7 nitrogen and oxygen atoms in total. The van der Waals surface area contributed by atoms with Gasteiger partial charge in [0.1, 0.15) is 0 Å². The molecule has 0 aromatic heterocycles. The molecular weight excluding hydrogens is 306 g/mol. The molecule has 1 aliphatic heterocycles. The first-order valence-electron chi connectivity index (χ1n) is 6.56. The zero-order chi connectivity index (χ0) is 15.7. The van der Waals surface area contributed by atoms with Gasteiger partial charge < -0.3 is 5.32 Å². The molecule has 3 rings (SSSR count). The number of nitrogens with one attached hydrogen (secondary N) is 2. The summed E-state index contributed by atoms with van der Waals surface area (Å²) < 4.78 is 27.3. The Bertz CT molecular complexity index is 832. The first-order valence-corrected chi connectivity index (χ1v) is 8.04. The van der Waals surface area contributed by atoms with Crippen LogP contribution < -0.4 is 10.0 Å². The number of sulfonamides is 1. The van der Waals surface area contributed by atoms with Gasteiger partial charge >= 0.3 is 0 Å². The third-order valence-electron chi connectivity index (χ3n) is 3.49. The fraction of sp³-hybridized carbons (Fsp3) is 0.143. The van der Waals surface area contributed by atoms with E-state index in [1.54, 1.807) is 12.1 Å². The number of hydrogen-bond acceptors (Lipinski definition) is 5. The Hall–Kier alpha value is -2.45. The van der Waals surface area contributed by atoms with Gasteiger partial charge in [-0.15, -0.1) is 0 Å². The molecule has 114 valence electrons. The largest absolute Gasteiger partial charge is 0.309 e. The lowest BCUT2D eigenvalue weighted by atomic mass is 10.1. The van der Waals surface area contributed by atoms with Gasteiger partial charge in [0.25, 0.3) is 15.7 Å². The van der Waals surface area contributed by atoms with Gasteiger partial charge in [-0.1, -0.05) is 12.1 Å². The molecule has 0 fully saturated rings. The van der Waals surface area contributed by atoms with Crippen molar-refractivity contribution in [3.63, 3.8) is 0 Å². The minimum absolute atomic E-state index is 0.0124. The van der Waals surface area contributed by atoms with Crippen LogP contribution in [0.25, 0.3) is 0 Å². The molecule has 0 bridgehead atoms. The van der Waals surface area contributed by atoms with Crippen LogP contribution in [0, 0.1) is 10.1 Å². The zero-order valence-electron chi connectivity index (χ0n) is 11.4. The van der Waals surface area contributed by atoms with Crippen LogP contribution in [0.2, 0.25) is 0 Å². The van der Waals surface area contributed by atoms with Crippen molar-refractivity contribution >= 4 is 21.4 Å². The number of nitro groups is 1. The summed E-state index contributed by atoms with van der Waals surface area (Å²) in [4.78, 5) is 10.0. The Morgan fingerprint density at radius 1 is 1.09 bits per heavy atom. The van der Waals surface area contributed by atoms with Crippen molar-refractivity contribution in [2.24, 2.45) is 0 Å². The summed E-state index contributed by atoms with van der Waals surface area (Å²) in [6.45, 7) is 1.32. The van der Waals surface area contributed by atoms with Crippen molar-refractivity contribution in [1.82, 2.24) is 5.32 Å². The van der Waals surface area contributed by atoms with Gasteiger partial charge in [0.05, 0.1) is 15.5 Å². The number of non-ortho nitro benzene ring substituents is 1. The summed E-state index contributed by atoms with van der Waals surface area (Å²) in [5, 5.41) is 13.8. The Morgan fingerprint density at radius 2 is 1.82 bits per heavy atom. The van der Waals surface area contributed by atoms with Crippen LogP contribution in [0.15, 0.2) is 47.4 Å². The summed E-state index contributed by atoms with van der Waals surface area (Å²) in [5.74, 6) is 0. The topological polar surface area (TPSA) is 101 Å². The Morgan fingerprint density at radius 3 is 2.50 bits per heavy atom. The molecular formula is C14H13N3O4S. The predicted octanol–water partition coefficient (Wildman–Crippen LogP) is 2.00. The number of hydrogen-bond donors (Lipinski definition) is 2. The molecule has 0 radical (unpaired) electrons. The van der Waals surface area contributed by atoms with E-state index in [2.05, 4.69) is 10.0 Å². The minimum atomic E-state index is -3.78. The van der Waals surface area contributed by atoms with Crippen molar-refractivity contribution in [3.8, 4) is 0 Å². The van der Waals surface area contributed by atoms with Crippen molar-refractivity contribution in [1.29, 1.82) is 0 Å². The number of benzene rings is 2. The van der Waals surface area contributed by atoms with Gasteiger partial charge in [-0.2, -0.15) is 0 Å². The van der Waals surface area contributed by atoms with Crippen LogP contribution in [-0.2, 0) is 23.1 Å². The van der Waals surface area contributed by atoms with Gasteiger partial charge in [-0.25, -0.2) is 8.42 Å². The Balaban J connectivity index is 1.91. The first kappa shape index (κ1) is 14.5. The summed E-state index contributed by atoms with van der Waals surface area (Å²) >= 11 is 0. The van der Waals surface area contributed by atoms with E-state index in [1.165, 1.54) is 24.3 Å². The first-order chi connectivity index (χ1) is 10.5. The van der Waals surface area contributed by atoms with E-state index in [-0.39, 0.29) is 10.6 Å². The van der Waals surface area contributed by atoms with Gasteiger partial charge in [0.2, 0.25) is 0 Å². The van der Waals surface area contributed by atoms with Crippen molar-refractivity contribution < 1.29 is 13.3 Å². The van der Waals surface area contributed by atoms with Crippen LogP contribution in [-0.4, -0.2) is 13.3 Å². The summed E-state index contributed by atoms with van der Waals surface area (Å²) in [6, 6.07) is 10.2. The van der Waals surface area contributed by atoms with Gasteiger partial charge in [-0.05, 0) is 29.3 Å². The molecule has 0 saturated heterocycles. The lowest BCUT2D eigenvalue weighted by Crippen LogP contribution is -2.14. The lowest BCUT2D eigenvalue weighted by molar-refractivity contribution is -0.384. The summed E-state index contributed by atoms with van der Waals surface area (Å²) in [5.41, 5.74) is 2.36. The highest BCUT2D eigenvalue weighted by Crippen LogP contribution is 2.26. The standard InChI is InChI=1S/C14H13N3O4S/c18-17(19)11-4-6-12(7-5-11)22(20,21)16-14-3-1-2-10-8-15-9-13(10)14/h1-7,15-16H,8-9H2. The SMILES string of the molecule is O=[N+]([O-])c1ccc(S(=O)(=O)Nc2cccc3c2CNC3)cc1. The molecule has 0 saturated carbocycles. The predicted molar refractivity (Wildman–Crippen MR) is 80.9 cm³/mol. The Labute approximate surface area is 127 Å². The van der Waals surface area contributed by atoms with E-state index in [4.69, 9.17) is 0 Å². The second-order valence-electron chi connectivity index (χ2n) is 4.90. The molecule has 0 aliphatic carbocycles. The summed E-state index contributed by atoms with van der Waals surface area (Å²) in [6.07, 6.45) is 0. The number of nitro benzene ring substituents is 1. The van der Waals surface area contributed by atoms with Gasteiger partial charge in [0.15, 0.2) is 0 Å². The van der Waals surface area contributed by atoms with Gasteiger partial charge in [-0.3, -0.25) is 14.8 Å². The molecule has 2 aromatic carbocycles. The Kier molecular flexibility index (Phi) is 3.55. The fourth-order valence-corrected chi connectivity index (χ4v) is 3.47. The highest BCUT2D eigenvalue weighted by molar-refractivity contribution is 7.92. The fourth-order valence-electron chi connectivity index (χ4n) is 2.38. The second kappa shape index (κ2) is 5.39. The molecule has 0 spiro atoms. The quantitative estimate of drug-likeness (QED) is 0.663. The molecule has 2 aromatic rings. The third kappa shape index (κ3) is 2.66. The third-order valence-corrected chi connectivity index (χ3v) is 4.87. The highest BCUT2D eigenvalue weighted by atomic mass is 32.2.